The van der Waals surface area contributed by atoms with E-state index in [1.165, 1.54) is 17.6 Å². The van der Waals surface area contributed by atoms with Crippen LogP contribution in [0.2, 0.25) is 0 Å². The summed E-state index contributed by atoms with van der Waals surface area (Å²) in [5.74, 6) is 0. The largest absolute Gasteiger partial charge is 0.377 e. The highest BCUT2D eigenvalue weighted by molar-refractivity contribution is 5.02. The highest BCUT2D eigenvalue weighted by Gasteiger charge is 2.01. The summed E-state index contributed by atoms with van der Waals surface area (Å²) >= 11 is 0. The first-order chi connectivity index (χ1) is 9.68. The highest BCUT2D eigenvalue weighted by Crippen LogP contribution is 2.06. The van der Waals surface area contributed by atoms with Gasteiger partial charge in [-0.1, -0.05) is 23.3 Å². The molecule has 20 heavy (non-hydrogen) atoms. The van der Waals surface area contributed by atoms with Crippen molar-refractivity contribution in [2.45, 2.75) is 46.5 Å². The number of rotatable bonds is 10. The van der Waals surface area contributed by atoms with E-state index in [-0.39, 0.29) is 0 Å². The second kappa shape index (κ2) is 10.6. The zero-order valence-corrected chi connectivity index (χ0v) is 13.3. The second-order valence-corrected chi connectivity index (χ2v) is 5.64. The van der Waals surface area contributed by atoms with Gasteiger partial charge in [0.2, 0.25) is 0 Å². The van der Waals surface area contributed by atoms with Crippen molar-refractivity contribution >= 4 is 0 Å². The molecular formula is C17H30N2O. The summed E-state index contributed by atoms with van der Waals surface area (Å²) < 4.78 is 5.65. The Morgan fingerprint density at radius 1 is 1.25 bits per heavy atom. The van der Waals surface area contributed by atoms with Crippen LogP contribution in [0.15, 0.2) is 35.7 Å². The van der Waals surface area contributed by atoms with Crippen LogP contribution in [0.3, 0.4) is 0 Å². The number of hydrogen-bond acceptors (Lipinski definition) is 3. The topological polar surface area (TPSA) is 24.5 Å². The highest BCUT2D eigenvalue weighted by atomic mass is 16.5. The van der Waals surface area contributed by atoms with Crippen LogP contribution in [-0.4, -0.2) is 31.3 Å². The Morgan fingerprint density at radius 2 is 2.10 bits per heavy atom. The van der Waals surface area contributed by atoms with Crippen molar-refractivity contribution in [2.24, 2.45) is 0 Å². The fourth-order valence-corrected chi connectivity index (χ4v) is 2.03. The van der Waals surface area contributed by atoms with Gasteiger partial charge in [0.05, 0.1) is 13.3 Å². The third kappa shape index (κ3) is 8.81. The minimum Gasteiger partial charge on any atom is -0.377 e. The predicted octanol–water partition coefficient (Wildman–Crippen LogP) is 3.81. The molecule has 0 radical (unpaired) electrons. The van der Waals surface area contributed by atoms with Gasteiger partial charge in [-0.15, -0.1) is 0 Å². The molecule has 1 heterocycles. The van der Waals surface area contributed by atoms with Crippen LogP contribution in [0, 0.1) is 0 Å². The Hall–Kier alpha value is -1.22. The van der Waals surface area contributed by atoms with Gasteiger partial charge in [-0.25, -0.2) is 0 Å². The molecule has 1 N–H and O–H groups in total. The zero-order chi connectivity index (χ0) is 14.6. The molecule has 3 heteroatoms. The van der Waals surface area contributed by atoms with E-state index >= 15 is 0 Å². The molecule has 0 atom stereocenters. The van der Waals surface area contributed by atoms with Crippen LogP contribution in [0.1, 0.15) is 46.5 Å². The third-order valence-electron chi connectivity index (χ3n) is 3.32. The monoisotopic (exact) mass is 278 g/mol. The lowest BCUT2D eigenvalue weighted by Crippen LogP contribution is -2.21. The smallest absolute Gasteiger partial charge is 0.0867 e. The van der Waals surface area contributed by atoms with Crippen LogP contribution < -0.4 is 5.32 Å². The Balaban J connectivity index is 1.92. The molecule has 1 aliphatic heterocycles. The van der Waals surface area contributed by atoms with Gasteiger partial charge < -0.3 is 15.0 Å². The maximum Gasteiger partial charge on any atom is 0.0867 e. The van der Waals surface area contributed by atoms with Crippen LogP contribution in [0.25, 0.3) is 0 Å². The maximum atomic E-state index is 5.65. The van der Waals surface area contributed by atoms with E-state index in [4.69, 9.17) is 4.74 Å². The standard InChI is InChI=1S/C17H30N2O/c1-16(2)7-6-8-17(3)9-14-20-13-5-4-11-19-12-10-18-15-19/h7,9-10,12,18H,4-6,8,11,13-15H2,1-3H3. The van der Waals surface area contributed by atoms with Gasteiger partial charge in [0.1, 0.15) is 0 Å². The fourth-order valence-electron chi connectivity index (χ4n) is 2.03. The molecule has 0 saturated carbocycles. The molecular weight excluding hydrogens is 248 g/mol. The summed E-state index contributed by atoms with van der Waals surface area (Å²) in [6.45, 7) is 10.2. The van der Waals surface area contributed by atoms with Gasteiger partial charge in [0, 0.05) is 25.6 Å². The van der Waals surface area contributed by atoms with Crippen molar-refractivity contribution < 1.29 is 4.74 Å². The summed E-state index contributed by atoms with van der Waals surface area (Å²) in [4.78, 5) is 2.29. The fraction of sp³-hybridized carbons (Fsp3) is 0.647. The molecule has 0 aromatic rings. The number of allylic oxidation sites excluding steroid dienone is 3. The minimum atomic E-state index is 0.756. The van der Waals surface area contributed by atoms with Gasteiger partial charge in [-0.3, -0.25) is 0 Å². The molecule has 114 valence electrons. The molecule has 1 aliphatic rings. The number of ether oxygens (including phenoxy) is 1. The normalized spacial score (nSPS) is 14.6. The molecule has 0 fully saturated rings. The number of unbranched alkanes of at least 4 members (excludes halogenated alkanes) is 1. The van der Waals surface area contributed by atoms with Crippen molar-refractivity contribution in [1.82, 2.24) is 10.2 Å². The summed E-state index contributed by atoms with van der Waals surface area (Å²) in [7, 11) is 0. The molecule has 0 amide bonds. The predicted molar refractivity (Wildman–Crippen MR) is 86.3 cm³/mol. The summed E-state index contributed by atoms with van der Waals surface area (Å²) in [6.07, 6.45) is 13.2. The van der Waals surface area contributed by atoms with Crippen molar-refractivity contribution in [3.63, 3.8) is 0 Å². The molecule has 3 nitrogen and oxygen atoms in total. The Bertz CT molecular complexity index is 341. The van der Waals surface area contributed by atoms with Gasteiger partial charge >= 0.3 is 0 Å². The number of hydrogen-bond donors (Lipinski definition) is 1. The van der Waals surface area contributed by atoms with Gasteiger partial charge in [-0.2, -0.15) is 0 Å². The molecule has 0 spiro atoms. The third-order valence-corrected chi connectivity index (χ3v) is 3.32. The molecule has 0 aliphatic carbocycles. The molecule has 1 rings (SSSR count). The Morgan fingerprint density at radius 3 is 2.80 bits per heavy atom. The van der Waals surface area contributed by atoms with Gasteiger partial charge in [0.25, 0.3) is 0 Å². The Labute approximate surface area is 124 Å². The SMILES string of the molecule is CC(C)=CCCC(C)=CCOCCCCN1C=CNC1. The van der Waals surface area contributed by atoms with E-state index in [9.17, 15) is 0 Å². The van der Waals surface area contributed by atoms with Crippen LogP contribution in [0.4, 0.5) is 0 Å². The minimum absolute atomic E-state index is 0.756. The first kappa shape index (κ1) is 16.8. The van der Waals surface area contributed by atoms with E-state index in [1.54, 1.807) is 0 Å². The molecule has 0 saturated heterocycles. The van der Waals surface area contributed by atoms with Crippen molar-refractivity contribution in [2.75, 3.05) is 26.4 Å². The Kier molecular flexibility index (Phi) is 8.88. The lowest BCUT2D eigenvalue weighted by atomic mass is 10.1. The van der Waals surface area contributed by atoms with Crippen molar-refractivity contribution in [1.29, 1.82) is 0 Å². The molecule has 0 aromatic heterocycles. The maximum absolute atomic E-state index is 5.65. The zero-order valence-electron chi connectivity index (χ0n) is 13.3. The van der Waals surface area contributed by atoms with E-state index in [2.05, 4.69) is 49.3 Å². The van der Waals surface area contributed by atoms with Crippen molar-refractivity contribution in [3.05, 3.63) is 35.7 Å². The van der Waals surface area contributed by atoms with Crippen molar-refractivity contribution in [3.8, 4) is 0 Å². The first-order valence-corrected chi connectivity index (χ1v) is 7.69. The van der Waals surface area contributed by atoms with Crippen LogP contribution in [0.5, 0.6) is 0 Å². The average Bonchev–Trinajstić information content (AvgIpc) is 2.90. The quantitative estimate of drug-likeness (QED) is 0.486. The molecule has 0 bridgehead atoms. The average molecular weight is 278 g/mol. The molecule has 0 unspecified atom stereocenters. The lowest BCUT2D eigenvalue weighted by molar-refractivity contribution is 0.155. The lowest BCUT2D eigenvalue weighted by Gasteiger charge is -2.13. The van der Waals surface area contributed by atoms with E-state index in [1.807, 2.05) is 6.20 Å². The summed E-state index contributed by atoms with van der Waals surface area (Å²) in [6, 6.07) is 0. The van der Waals surface area contributed by atoms with Crippen LogP contribution >= 0.6 is 0 Å². The van der Waals surface area contributed by atoms with E-state index < -0.39 is 0 Å². The van der Waals surface area contributed by atoms with Gasteiger partial charge in [0.15, 0.2) is 0 Å². The van der Waals surface area contributed by atoms with E-state index in [0.29, 0.717) is 0 Å². The van der Waals surface area contributed by atoms with Gasteiger partial charge in [-0.05, 0) is 46.5 Å². The second-order valence-electron chi connectivity index (χ2n) is 5.64. The summed E-state index contributed by atoms with van der Waals surface area (Å²) in [5, 5.41) is 3.17. The van der Waals surface area contributed by atoms with E-state index in [0.717, 1.165) is 45.7 Å². The summed E-state index contributed by atoms with van der Waals surface area (Å²) in [5.41, 5.74) is 2.83. The first-order valence-electron chi connectivity index (χ1n) is 7.69. The molecule has 0 aromatic carbocycles. The van der Waals surface area contributed by atoms with Crippen LogP contribution in [-0.2, 0) is 4.74 Å². The number of nitrogens with one attached hydrogen (secondary N) is 1. The number of nitrogens with zero attached hydrogens (tertiary/aromatic N) is 1.